The third-order valence-electron chi connectivity index (χ3n) is 9.52. The van der Waals surface area contributed by atoms with Gasteiger partial charge in [-0.15, -0.1) is 0 Å². The molecule has 0 spiro atoms. The smallest absolute Gasteiger partial charge is 0.462 e. The van der Waals surface area contributed by atoms with Crippen molar-refractivity contribution in [2.24, 2.45) is 5.73 Å². The molecule has 0 saturated heterocycles. The molecule has 0 rings (SSSR count). The lowest BCUT2D eigenvalue weighted by Crippen LogP contribution is -2.29. The van der Waals surface area contributed by atoms with Crippen molar-refractivity contribution in [2.75, 3.05) is 26.4 Å². The molecule has 344 valence electrons. The van der Waals surface area contributed by atoms with Crippen LogP contribution < -0.4 is 5.73 Å². The van der Waals surface area contributed by atoms with Gasteiger partial charge in [0, 0.05) is 19.4 Å². The minimum atomic E-state index is -4.39. The van der Waals surface area contributed by atoms with Crippen LogP contribution in [0.3, 0.4) is 0 Å². The maximum atomic E-state index is 12.6. The molecule has 0 aromatic carbocycles. The summed E-state index contributed by atoms with van der Waals surface area (Å²) in [7, 11) is -4.39. The Labute approximate surface area is 366 Å². The van der Waals surface area contributed by atoms with Crippen molar-refractivity contribution >= 4 is 19.8 Å². The summed E-state index contributed by atoms with van der Waals surface area (Å²) in [5.41, 5.74) is 5.36. The van der Waals surface area contributed by atoms with Gasteiger partial charge in [-0.2, -0.15) is 0 Å². The molecule has 0 aliphatic rings. The number of hydrogen-bond acceptors (Lipinski definition) is 8. The zero-order valence-corrected chi connectivity index (χ0v) is 38.8. The third kappa shape index (κ3) is 44.7. The van der Waals surface area contributed by atoms with Crippen LogP contribution in [0.1, 0.15) is 187 Å². The Morgan fingerprint density at radius 1 is 0.517 bits per heavy atom. The zero-order chi connectivity index (χ0) is 43.9. The SMILES string of the molecule is CC/C=C\C/C=C\C/C=C\C/C=C\C/C=C\CCCCCCCC(=O)OC(COC(=O)CCCCCCCCC/C=C\C/C=C\CCCCCC)COP(=O)(O)OCCN. The molecule has 10 heteroatoms. The first-order valence-electron chi connectivity index (χ1n) is 23.6. The van der Waals surface area contributed by atoms with Crippen molar-refractivity contribution in [3.63, 3.8) is 0 Å². The highest BCUT2D eigenvalue weighted by atomic mass is 31.2. The fraction of sp³-hybridized carbons (Fsp3) is 0.680. The molecule has 2 atom stereocenters. The Morgan fingerprint density at radius 2 is 0.917 bits per heavy atom. The van der Waals surface area contributed by atoms with Crippen LogP contribution in [0.25, 0.3) is 0 Å². The Bertz CT molecular complexity index is 1250. The van der Waals surface area contributed by atoms with E-state index >= 15 is 0 Å². The highest BCUT2D eigenvalue weighted by Gasteiger charge is 2.26. The summed E-state index contributed by atoms with van der Waals surface area (Å²) in [6.07, 6.45) is 57.5. The summed E-state index contributed by atoms with van der Waals surface area (Å²) < 4.78 is 32.8. The van der Waals surface area contributed by atoms with Gasteiger partial charge in [0.2, 0.25) is 0 Å². The number of ether oxygens (including phenoxy) is 2. The van der Waals surface area contributed by atoms with Crippen molar-refractivity contribution in [3.05, 3.63) is 85.1 Å². The van der Waals surface area contributed by atoms with Gasteiger partial charge < -0.3 is 20.1 Å². The van der Waals surface area contributed by atoms with Crippen LogP contribution in [0.4, 0.5) is 0 Å². The first kappa shape index (κ1) is 57.2. The fourth-order valence-corrected chi connectivity index (χ4v) is 6.81. The van der Waals surface area contributed by atoms with Gasteiger partial charge in [-0.3, -0.25) is 18.6 Å². The molecule has 0 amide bonds. The molecule has 0 radical (unpaired) electrons. The van der Waals surface area contributed by atoms with E-state index in [9.17, 15) is 19.0 Å². The van der Waals surface area contributed by atoms with Crippen LogP contribution in [0.5, 0.6) is 0 Å². The van der Waals surface area contributed by atoms with E-state index in [1.54, 1.807) is 0 Å². The van der Waals surface area contributed by atoms with Crippen molar-refractivity contribution in [1.82, 2.24) is 0 Å². The quantitative estimate of drug-likeness (QED) is 0.0266. The predicted octanol–water partition coefficient (Wildman–Crippen LogP) is 14.0. The van der Waals surface area contributed by atoms with Crippen LogP contribution in [-0.4, -0.2) is 49.3 Å². The van der Waals surface area contributed by atoms with Crippen LogP contribution in [0.2, 0.25) is 0 Å². The Kier molecular flexibility index (Phi) is 43.6. The summed E-state index contributed by atoms with van der Waals surface area (Å²) in [6.45, 7) is 3.56. The van der Waals surface area contributed by atoms with Crippen LogP contribution in [0.15, 0.2) is 85.1 Å². The number of allylic oxidation sites excluding steroid dienone is 14. The van der Waals surface area contributed by atoms with E-state index < -0.39 is 32.5 Å². The molecule has 0 aromatic heterocycles. The number of phosphoric ester groups is 1. The van der Waals surface area contributed by atoms with Gasteiger partial charge in [-0.05, 0) is 89.9 Å². The minimum absolute atomic E-state index is 0.0442. The Morgan fingerprint density at radius 3 is 1.37 bits per heavy atom. The van der Waals surface area contributed by atoms with Crippen molar-refractivity contribution in [1.29, 1.82) is 0 Å². The van der Waals surface area contributed by atoms with Crippen molar-refractivity contribution in [2.45, 2.75) is 193 Å². The second-order valence-corrected chi connectivity index (χ2v) is 16.7. The van der Waals surface area contributed by atoms with E-state index in [1.807, 2.05) is 0 Å². The maximum absolute atomic E-state index is 12.6. The molecule has 0 aromatic rings. The molecule has 0 aliphatic carbocycles. The monoisotopic (exact) mass is 860 g/mol. The number of nitrogens with two attached hydrogens (primary N) is 1. The largest absolute Gasteiger partial charge is 0.472 e. The van der Waals surface area contributed by atoms with Gasteiger partial charge in [0.05, 0.1) is 13.2 Å². The lowest BCUT2D eigenvalue weighted by molar-refractivity contribution is -0.161. The molecule has 0 aliphatic heterocycles. The number of hydrogen-bond donors (Lipinski definition) is 2. The summed E-state index contributed by atoms with van der Waals surface area (Å²) in [6, 6.07) is 0. The first-order chi connectivity index (χ1) is 29.3. The number of unbranched alkanes of at least 4 members (excludes halogenated alkanes) is 16. The van der Waals surface area contributed by atoms with E-state index in [2.05, 4.69) is 98.9 Å². The van der Waals surface area contributed by atoms with Gasteiger partial charge in [0.15, 0.2) is 6.10 Å². The molecule has 60 heavy (non-hydrogen) atoms. The second kappa shape index (κ2) is 45.7. The molecule has 2 unspecified atom stereocenters. The topological polar surface area (TPSA) is 134 Å². The summed E-state index contributed by atoms with van der Waals surface area (Å²) >= 11 is 0. The van der Waals surface area contributed by atoms with Gasteiger partial charge in [0.1, 0.15) is 6.61 Å². The molecule has 9 nitrogen and oxygen atoms in total. The summed E-state index contributed by atoms with van der Waals surface area (Å²) in [5, 5.41) is 0. The molecule has 0 heterocycles. The standard InChI is InChI=1S/C50H86NO8P/c1-3-5-7-9-11-13-15-17-19-21-23-24-25-27-29-31-33-35-37-39-41-43-50(53)59-48(47-58-60(54,55)57-45-44-51)46-56-49(52)42-40-38-36-34-32-30-28-26-22-20-18-16-14-12-10-8-6-4-2/h5,7,11,13-14,16-17,19-20,22-24,27,29,48H,3-4,6,8-10,12,15,18,21,25-26,28,30-47,51H2,1-2H3,(H,54,55)/b7-5-,13-11-,16-14-,19-17-,22-20-,24-23-,29-27-. The lowest BCUT2D eigenvalue weighted by Gasteiger charge is -2.19. The number of carbonyl (C=O) groups is 2. The minimum Gasteiger partial charge on any atom is -0.462 e. The third-order valence-corrected chi connectivity index (χ3v) is 10.5. The van der Waals surface area contributed by atoms with E-state index in [1.165, 1.54) is 51.4 Å². The van der Waals surface area contributed by atoms with Gasteiger partial charge in [-0.1, -0.05) is 170 Å². The van der Waals surface area contributed by atoms with E-state index in [0.29, 0.717) is 6.42 Å². The highest BCUT2D eigenvalue weighted by molar-refractivity contribution is 7.47. The van der Waals surface area contributed by atoms with Gasteiger partial charge >= 0.3 is 19.8 Å². The molecular formula is C50H86NO8P. The second-order valence-electron chi connectivity index (χ2n) is 15.2. The van der Waals surface area contributed by atoms with E-state index in [4.69, 9.17) is 24.3 Å². The average Bonchev–Trinajstić information content (AvgIpc) is 3.24. The Balaban J connectivity index is 4.18. The normalized spacial score (nSPS) is 14.0. The molecule has 0 saturated carbocycles. The highest BCUT2D eigenvalue weighted by Crippen LogP contribution is 2.43. The van der Waals surface area contributed by atoms with Crippen LogP contribution in [0, 0.1) is 0 Å². The molecular weight excluding hydrogens is 774 g/mol. The first-order valence-corrected chi connectivity index (χ1v) is 25.1. The number of phosphoric acid groups is 1. The predicted molar refractivity (Wildman–Crippen MR) is 252 cm³/mol. The number of carbonyl (C=O) groups excluding carboxylic acids is 2. The number of rotatable bonds is 43. The fourth-order valence-electron chi connectivity index (χ4n) is 6.04. The summed E-state index contributed by atoms with van der Waals surface area (Å²) in [5.74, 6) is -0.865. The van der Waals surface area contributed by atoms with Crippen molar-refractivity contribution in [3.8, 4) is 0 Å². The maximum Gasteiger partial charge on any atom is 0.472 e. The van der Waals surface area contributed by atoms with Crippen molar-refractivity contribution < 1.29 is 37.6 Å². The summed E-state index contributed by atoms with van der Waals surface area (Å²) in [4.78, 5) is 35.0. The van der Waals surface area contributed by atoms with E-state index in [-0.39, 0.29) is 32.6 Å². The molecule has 0 fully saturated rings. The van der Waals surface area contributed by atoms with Crippen LogP contribution >= 0.6 is 7.82 Å². The van der Waals surface area contributed by atoms with Crippen LogP contribution in [-0.2, 0) is 32.7 Å². The zero-order valence-electron chi connectivity index (χ0n) is 37.9. The van der Waals surface area contributed by atoms with Gasteiger partial charge in [-0.25, -0.2) is 4.57 Å². The molecule has 0 bridgehead atoms. The number of esters is 2. The Hall–Kier alpha value is -2.81. The average molecular weight is 860 g/mol. The lowest BCUT2D eigenvalue weighted by atomic mass is 10.1. The molecule has 3 N–H and O–H groups in total. The van der Waals surface area contributed by atoms with Gasteiger partial charge in [0.25, 0.3) is 0 Å². The van der Waals surface area contributed by atoms with E-state index in [0.717, 1.165) is 103 Å².